The van der Waals surface area contributed by atoms with Crippen molar-refractivity contribution < 1.29 is 19.1 Å². The summed E-state index contributed by atoms with van der Waals surface area (Å²) < 4.78 is 5.58. The average Bonchev–Trinajstić information content (AvgIpc) is 2.95. The van der Waals surface area contributed by atoms with Crippen LogP contribution in [0.15, 0.2) is 66.7 Å². The van der Waals surface area contributed by atoms with Gasteiger partial charge in [-0.25, -0.2) is 4.79 Å². The Morgan fingerprint density at radius 3 is 2.03 bits per heavy atom. The molecule has 1 aliphatic heterocycles. The van der Waals surface area contributed by atoms with Crippen LogP contribution in [0.2, 0.25) is 0 Å². The third-order valence-electron chi connectivity index (χ3n) is 5.06. The Labute approximate surface area is 175 Å². The van der Waals surface area contributed by atoms with Gasteiger partial charge in [0.25, 0.3) is 11.8 Å². The van der Waals surface area contributed by atoms with Gasteiger partial charge < -0.3 is 4.74 Å². The molecule has 5 nitrogen and oxygen atoms in total. The maximum atomic E-state index is 13.1. The number of hydrogen-bond donors (Lipinski definition) is 0. The lowest BCUT2D eigenvalue weighted by Crippen LogP contribution is -2.48. The Morgan fingerprint density at radius 1 is 0.867 bits per heavy atom. The molecule has 1 heterocycles. The SMILES string of the molecule is CC(C)(C)OC(=O)[C@H](Cc1ccc2ccccc2c1)N1C(=O)c2ccccc2C1=O. The fraction of sp³-hybridized carbons (Fsp3) is 0.240. The molecule has 30 heavy (non-hydrogen) atoms. The summed E-state index contributed by atoms with van der Waals surface area (Å²) in [7, 11) is 0. The molecule has 5 heteroatoms. The first-order valence-corrected chi connectivity index (χ1v) is 9.92. The highest BCUT2D eigenvalue weighted by Crippen LogP contribution is 2.28. The standard InChI is InChI=1S/C25H23NO4/c1-25(2,3)30-24(29)21(15-16-12-13-17-8-4-5-9-18(17)14-16)26-22(27)19-10-6-7-11-20(19)23(26)28/h4-14,21H,15H2,1-3H3/t21-/m0/s1. The van der Waals surface area contributed by atoms with Crippen molar-refractivity contribution in [3.8, 4) is 0 Å². The molecule has 0 saturated carbocycles. The minimum Gasteiger partial charge on any atom is -0.458 e. The Balaban J connectivity index is 1.72. The Kier molecular flexibility index (Phi) is 4.90. The van der Waals surface area contributed by atoms with Gasteiger partial charge in [0.1, 0.15) is 11.6 Å². The van der Waals surface area contributed by atoms with E-state index in [2.05, 4.69) is 0 Å². The molecule has 0 fully saturated rings. The lowest BCUT2D eigenvalue weighted by molar-refractivity contribution is -0.159. The van der Waals surface area contributed by atoms with Gasteiger partial charge in [-0.15, -0.1) is 0 Å². The second-order valence-electron chi connectivity index (χ2n) is 8.46. The molecular formula is C25H23NO4. The second-order valence-corrected chi connectivity index (χ2v) is 8.46. The highest BCUT2D eigenvalue weighted by atomic mass is 16.6. The molecule has 3 aromatic rings. The predicted molar refractivity (Wildman–Crippen MR) is 114 cm³/mol. The van der Waals surface area contributed by atoms with Crippen LogP contribution in [0.3, 0.4) is 0 Å². The second kappa shape index (κ2) is 7.41. The molecule has 0 N–H and O–H groups in total. The smallest absolute Gasteiger partial charge is 0.330 e. The summed E-state index contributed by atoms with van der Waals surface area (Å²) in [6.45, 7) is 5.29. The van der Waals surface area contributed by atoms with E-state index >= 15 is 0 Å². The molecule has 2 amide bonds. The zero-order valence-electron chi connectivity index (χ0n) is 17.2. The fourth-order valence-corrected chi connectivity index (χ4v) is 3.73. The van der Waals surface area contributed by atoms with Crippen LogP contribution in [0, 0.1) is 0 Å². The molecule has 3 aromatic carbocycles. The van der Waals surface area contributed by atoms with E-state index in [0.29, 0.717) is 11.1 Å². The number of nitrogens with zero attached hydrogens (tertiary/aromatic N) is 1. The molecule has 0 spiro atoms. The molecule has 0 radical (unpaired) electrons. The number of esters is 1. The normalized spacial score (nSPS) is 14.7. The summed E-state index contributed by atoms with van der Waals surface area (Å²) in [5, 5.41) is 2.11. The van der Waals surface area contributed by atoms with Crippen LogP contribution in [0.5, 0.6) is 0 Å². The van der Waals surface area contributed by atoms with E-state index in [1.165, 1.54) is 0 Å². The first kappa shape index (κ1) is 19.8. The van der Waals surface area contributed by atoms with Crippen molar-refractivity contribution in [2.45, 2.75) is 38.8 Å². The maximum absolute atomic E-state index is 13.1. The van der Waals surface area contributed by atoms with Crippen LogP contribution in [0.25, 0.3) is 10.8 Å². The number of amides is 2. The topological polar surface area (TPSA) is 63.7 Å². The first-order valence-electron chi connectivity index (χ1n) is 9.92. The van der Waals surface area contributed by atoms with Crippen LogP contribution in [0.1, 0.15) is 47.1 Å². The fourth-order valence-electron chi connectivity index (χ4n) is 3.73. The summed E-state index contributed by atoms with van der Waals surface area (Å²) in [5.41, 5.74) is 0.738. The molecule has 0 aliphatic carbocycles. The molecule has 4 rings (SSSR count). The van der Waals surface area contributed by atoms with Crippen molar-refractivity contribution in [1.29, 1.82) is 0 Å². The number of carbonyl (C=O) groups excluding carboxylic acids is 3. The van der Waals surface area contributed by atoms with E-state index in [4.69, 9.17) is 4.74 Å². The number of fused-ring (bicyclic) bond motifs is 2. The highest BCUT2D eigenvalue weighted by Gasteiger charge is 2.44. The Bertz CT molecular complexity index is 1120. The molecular weight excluding hydrogens is 378 g/mol. The maximum Gasteiger partial charge on any atom is 0.330 e. The van der Waals surface area contributed by atoms with Crippen LogP contribution >= 0.6 is 0 Å². The quantitative estimate of drug-likeness (QED) is 0.480. The molecule has 1 atom stereocenters. The highest BCUT2D eigenvalue weighted by molar-refractivity contribution is 6.22. The van der Waals surface area contributed by atoms with Crippen LogP contribution in [-0.4, -0.2) is 34.3 Å². The van der Waals surface area contributed by atoms with Crippen molar-refractivity contribution in [3.05, 3.63) is 83.4 Å². The van der Waals surface area contributed by atoms with Gasteiger partial charge in [-0.3, -0.25) is 14.5 Å². The van der Waals surface area contributed by atoms with Gasteiger partial charge in [0.2, 0.25) is 0 Å². The number of hydrogen-bond acceptors (Lipinski definition) is 4. The number of rotatable bonds is 4. The molecule has 0 aromatic heterocycles. The monoisotopic (exact) mass is 401 g/mol. The van der Waals surface area contributed by atoms with E-state index in [-0.39, 0.29) is 6.42 Å². The molecule has 1 aliphatic rings. The van der Waals surface area contributed by atoms with Gasteiger partial charge in [0, 0.05) is 6.42 Å². The van der Waals surface area contributed by atoms with Crippen LogP contribution in [0.4, 0.5) is 0 Å². The minimum atomic E-state index is -1.04. The zero-order valence-corrected chi connectivity index (χ0v) is 17.2. The molecule has 0 unspecified atom stereocenters. The lowest BCUT2D eigenvalue weighted by atomic mass is 10.0. The Morgan fingerprint density at radius 2 is 1.43 bits per heavy atom. The summed E-state index contributed by atoms with van der Waals surface area (Å²) in [5.74, 6) is -1.52. The van der Waals surface area contributed by atoms with E-state index in [1.807, 2.05) is 42.5 Å². The van der Waals surface area contributed by atoms with E-state index in [9.17, 15) is 14.4 Å². The number of benzene rings is 3. The minimum absolute atomic E-state index is 0.186. The summed E-state index contributed by atoms with van der Waals surface area (Å²) in [6.07, 6.45) is 0.186. The summed E-state index contributed by atoms with van der Waals surface area (Å²) in [6, 6.07) is 19.4. The third kappa shape index (κ3) is 3.71. The Hall–Kier alpha value is -3.47. The van der Waals surface area contributed by atoms with E-state index in [0.717, 1.165) is 21.2 Å². The third-order valence-corrected chi connectivity index (χ3v) is 5.06. The van der Waals surface area contributed by atoms with Gasteiger partial charge in [-0.1, -0.05) is 54.6 Å². The summed E-state index contributed by atoms with van der Waals surface area (Å²) in [4.78, 5) is 40.2. The van der Waals surface area contributed by atoms with Gasteiger partial charge in [-0.05, 0) is 49.2 Å². The van der Waals surface area contributed by atoms with Crippen molar-refractivity contribution in [3.63, 3.8) is 0 Å². The summed E-state index contributed by atoms with van der Waals surface area (Å²) >= 11 is 0. The first-order chi connectivity index (χ1) is 14.2. The van der Waals surface area contributed by atoms with Gasteiger partial charge >= 0.3 is 5.97 Å². The van der Waals surface area contributed by atoms with E-state index < -0.39 is 29.4 Å². The largest absolute Gasteiger partial charge is 0.458 e. The van der Waals surface area contributed by atoms with E-state index in [1.54, 1.807) is 45.0 Å². The molecule has 152 valence electrons. The number of imide groups is 1. The lowest BCUT2D eigenvalue weighted by Gasteiger charge is -2.28. The van der Waals surface area contributed by atoms with Crippen LogP contribution < -0.4 is 0 Å². The van der Waals surface area contributed by atoms with Crippen molar-refractivity contribution in [2.24, 2.45) is 0 Å². The van der Waals surface area contributed by atoms with Crippen molar-refractivity contribution >= 4 is 28.6 Å². The number of ether oxygens (including phenoxy) is 1. The molecule has 0 saturated heterocycles. The molecule has 0 bridgehead atoms. The van der Waals surface area contributed by atoms with Crippen LogP contribution in [-0.2, 0) is 16.0 Å². The van der Waals surface area contributed by atoms with Gasteiger partial charge in [0.15, 0.2) is 0 Å². The number of carbonyl (C=O) groups is 3. The van der Waals surface area contributed by atoms with Gasteiger partial charge in [-0.2, -0.15) is 0 Å². The van der Waals surface area contributed by atoms with Gasteiger partial charge in [0.05, 0.1) is 11.1 Å². The van der Waals surface area contributed by atoms with Crippen molar-refractivity contribution in [2.75, 3.05) is 0 Å². The zero-order chi connectivity index (χ0) is 21.5. The predicted octanol–water partition coefficient (Wildman–Crippen LogP) is 4.39. The average molecular weight is 401 g/mol. The van der Waals surface area contributed by atoms with Crippen molar-refractivity contribution in [1.82, 2.24) is 4.90 Å².